The van der Waals surface area contributed by atoms with Gasteiger partial charge in [0.25, 0.3) is 5.56 Å². The number of carbonyl (C=O) groups excluding carboxylic acids is 1. The van der Waals surface area contributed by atoms with Crippen LogP contribution in [0.2, 0.25) is 0 Å². The molecule has 1 rings (SSSR count). The average Bonchev–Trinajstić information content (AvgIpc) is 2.53. The van der Waals surface area contributed by atoms with Gasteiger partial charge in [-0.3, -0.25) is 19.4 Å². The first-order valence-corrected chi connectivity index (χ1v) is 7.01. The van der Waals surface area contributed by atoms with E-state index in [-0.39, 0.29) is 25.4 Å². The van der Waals surface area contributed by atoms with Crippen LogP contribution < -0.4 is 22.2 Å². The number of methoxy groups -OCH3 is 1. The highest BCUT2D eigenvalue weighted by Crippen LogP contribution is 2.08. The van der Waals surface area contributed by atoms with Gasteiger partial charge >= 0.3 is 11.7 Å². The first-order valence-electron chi connectivity index (χ1n) is 6.47. The molecule has 0 saturated heterocycles. The second kappa shape index (κ2) is 9.25. The van der Waals surface area contributed by atoms with E-state index in [1.165, 1.54) is 12.7 Å². The predicted octanol–water partition coefficient (Wildman–Crippen LogP) is -0.536. The zero-order valence-electron chi connectivity index (χ0n) is 12.2. The molecular weight excluding hydrogens is 337 g/mol. The lowest BCUT2D eigenvalue weighted by molar-refractivity contribution is 0.0325. The third kappa shape index (κ3) is 5.32. The largest absolute Gasteiger partial charge is 0.770 e. The van der Waals surface area contributed by atoms with Gasteiger partial charge < -0.3 is 20.9 Å². The van der Waals surface area contributed by atoms with Crippen LogP contribution in [0.4, 0.5) is 9.18 Å². The van der Waals surface area contributed by atoms with Gasteiger partial charge in [-0.25, -0.2) is 9.59 Å². The van der Waals surface area contributed by atoms with Gasteiger partial charge in [-0.15, -0.1) is 11.6 Å². The number of ether oxygens (including phenoxy) is 1. The van der Waals surface area contributed by atoms with Crippen LogP contribution in [0.5, 0.6) is 0 Å². The summed E-state index contributed by atoms with van der Waals surface area (Å²) >= 11 is 5.43. The molecule has 12 heteroatoms. The van der Waals surface area contributed by atoms with Gasteiger partial charge in [-0.05, 0) is 0 Å². The van der Waals surface area contributed by atoms with E-state index >= 15 is 0 Å². The summed E-state index contributed by atoms with van der Waals surface area (Å²) in [5.41, 5.74) is -0.559. The highest BCUT2D eigenvalue weighted by molar-refractivity contribution is 6.18. The lowest BCUT2D eigenvalue weighted by Crippen LogP contribution is -2.47. The van der Waals surface area contributed by atoms with Crippen molar-refractivity contribution in [1.82, 2.24) is 25.5 Å². The van der Waals surface area contributed by atoms with E-state index < -0.39 is 29.3 Å². The number of hydrogen-bond donors (Lipinski definition) is 3. The summed E-state index contributed by atoms with van der Waals surface area (Å²) in [4.78, 5) is 36.0. The number of alkyl halides is 1. The zero-order chi connectivity index (χ0) is 17.4. The molecule has 2 amide bonds. The van der Waals surface area contributed by atoms with Gasteiger partial charge in [-0.2, -0.15) is 4.39 Å². The molecule has 0 bridgehead atoms. The van der Waals surface area contributed by atoms with Gasteiger partial charge in [0, 0.05) is 26.0 Å². The molecule has 0 aliphatic carbocycles. The number of rotatable bonds is 8. The number of amides is 2. The predicted molar refractivity (Wildman–Crippen MR) is 79.3 cm³/mol. The van der Waals surface area contributed by atoms with Gasteiger partial charge in [0.2, 0.25) is 5.82 Å². The number of nitrogens with zero attached hydrogens (tertiary/aromatic N) is 2. The van der Waals surface area contributed by atoms with Crippen molar-refractivity contribution in [3.8, 4) is 0 Å². The van der Waals surface area contributed by atoms with E-state index in [1.807, 2.05) is 0 Å². The van der Waals surface area contributed by atoms with E-state index in [2.05, 4.69) is 5.32 Å². The molecule has 0 spiro atoms. The number of hydrogen-bond acceptors (Lipinski definition) is 6. The van der Waals surface area contributed by atoms with Crippen molar-refractivity contribution >= 4 is 17.6 Å². The van der Waals surface area contributed by atoms with Gasteiger partial charge in [0.15, 0.2) is 0 Å². The Morgan fingerprint density at radius 1 is 1.61 bits per heavy atom. The summed E-state index contributed by atoms with van der Waals surface area (Å²) < 4.78 is 19.1. The Hall–Kier alpha value is -1.95. The molecule has 3 N–H and O–H groups in total. The van der Waals surface area contributed by atoms with Crippen molar-refractivity contribution in [3.63, 3.8) is 0 Å². The number of aromatic amines is 1. The minimum atomic E-state index is -1.14. The molecule has 10 nitrogen and oxygen atoms in total. The molecule has 0 aliphatic rings. The van der Waals surface area contributed by atoms with Gasteiger partial charge in [-0.1, -0.05) is 0 Å². The van der Waals surface area contributed by atoms with Gasteiger partial charge in [0.05, 0.1) is 12.7 Å². The van der Waals surface area contributed by atoms with E-state index in [4.69, 9.17) is 16.3 Å². The van der Waals surface area contributed by atoms with Crippen LogP contribution in [0, 0.1) is 11.0 Å². The van der Waals surface area contributed by atoms with E-state index in [0.29, 0.717) is 0 Å². The maximum atomic E-state index is 13.3. The van der Waals surface area contributed by atoms with Crippen molar-refractivity contribution in [2.24, 2.45) is 0 Å². The molecule has 1 heterocycles. The van der Waals surface area contributed by atoms with Crippen LogP contribution in [0.15, 0.2) is 15.8 Å². The monoisotopic (exact) mass is 352 g/mol. The second-order valence-electron chi connectivity index (χ2n) is 4.29. The molecule has 23 heavy (non-hydrogen) atoms. The first-order chi connectivity index (χ1) is 10.9. The zero-order valence-corrected chi connectivity index (χ0v) is 12.9. The van der Waals surface area contributed by atoms with E-state index in [9.17, 15) is 24.0 Å². The third-order valence-electron chi connectivity index (χ3n) is 2.84. The molecule has 1 aromatic rings. The fraction of sp³-hybridized carbons (Fsp3) is 0.545. The van der Waals surface area contributed by atoms with Crippen molar-refractivity contribution in [1.29, 1.82) is 0 Å². The summed E-state index contributed by atoms with van der Waals surface area (Å²) in [5.74, 6) is -1.07. The standard InChI is InChI=1S/C11H16ClFN5O5/c1-23-8(17-6-7(13)9(19)15-11(17)21)2-4-14-10(20)18(16-22)5-3-12/h6,8,16H,2-5H2,1H3,(H,14,20)(H,15,19,21)/q-1. The fourth-order valence-electron chi connectivity index (χ4n) is 1.72. The molecule has 0 radical (unpaired) electrons. The number of aromatic nitrogens is 2. The molecule has 0 aliphatic heterocycles. The summed E-state index contributed by atoms with van der Waals surface area (Å²) in [5, 5.41) is 13.7. The normalized spacial score (nSPS) is 12.0. The van der Waals surface area contributed by atoms with Gasteiger partial charge in [0.1, 0.15) is 6.23 Å². The first kappa shape index (κ1) is 19.1. The molecule has 0 fully saturated rings. The Morgan fingerprint density at radius 2 is 2.30 bits per heavy atom. The number of carbonyl (C=O) groups is 1. The minimum Gasteiger partial charge on any atom is -0.770 e. The molecule has 1 aromatic heterocycles. The summed E-state index contributed by atoms with van der Waals surface area (Å²) in [6, 6.07) is -0.713. The smallest absolute Gasteiger partial charge is 0.330 e. The third-order valence-corrected chi connectivity index (χ3v) is 3.01. The van der Waals surface area contributed by atoms with Crippen LogP contribution in [-0.2, 0) is 4.74 Å². The SMILES string of the molecule is COC(CCNC(=O)N(CCCl)N[O-])n1cc(F)c(=O)[nH]c1=O. The Kier molecular flexibility index (Phi) is 7.68. The van der Waals surface area contributed by atoms with Crippen molar-refractivity contribution in [2.45, 2.75) is 12.6 Å². The van der Waals surface area contributed by atoms with Crippen molar-refractivity contribution in [3.05, 3.63) is 38.1 Å². The average molecular weight is 353 g/mol. The van der Waals surface area contributed by atoms with Crippen molar-refractivity contribution in [2.75, 3.05) is 26.1 Å². The topological polar surface area (TPSA) is 132 Å². The van der Waals surface area contributed by atoms with Crippen LogP contribution >= 0.6 is 11.6 Å². The molecule has 1 unspecified atom stereocenters. The molecule has 0 aromatic carbocycles. The second-order valence-corrected chi connectivity index (χ2v) is 4.66. The lowest BCUT2D eigenvalue weighted by atomic mass is 10.3. The fourth-order valence-corrected chi connectivity index (χ4v) is 1.89. The quantitative estimate of drug-likeness (QED) is 0.425. The van der Waals surface area contributed by atoms with Crippen LogP contribution in [-0.4, -0.2) is 46.7 Å². The highest BCUT2D eigenvalue weighted by atomic mass is 35.5. The maximum absolute atomic E-state index is 13.3. The molecule has 0 saturated carbocycles. The Morgan fingerprint density at radius 3 is 2.87 bits per heavy atom. The summed E-state index contributed by atoms with van der Waals surface area (Å²) in [6.45, 7) is 0.0141. The minimum absolute atomic E-state index is 0.00478. The number of urea groups is 1. The maximum Gasteiger partial charge on any atom is 0.330 e. The summed E-state index contributed by atoms with van der Waals surface area (Å²) in [6.07, 6.45) is -0.118. The van der Waals surface area contributed by atoms with Crippen molar-refractivity contribution < 1.29 is 13.9 Å². The lowest BCUT2D eigenvalue weighted by Gasteiger charge is -2.26. The Labute approximate surface area is 134 Å². The van der Waals surface area contributed by atoms with Crippen LogP contribution in [0.25, 0.3) is 0 Å². The number of nitrogens with one attached hydrogen (secondary N) is 3. The number of hydrazine groups is 1. The number of halogens is 2. The van der Waals surface area contributed by atoms with E-state index in [1.54, 1.807) is 4.98 Å². The Bertz CT molecular complexity index is 636. The molecular formula is C11H16ClFN5O5-. The molecule has 1 atom stereocenters. The summed E-state index contributed by atoms with van der Waals surface area (Å²) in [7, 11) is 1.28. The highest BCUT2D eigenvalue weighted by Gasteiger charge is 2.15. The van der Waals surface area contributed by atoms with Crippen LogP contribution in [0.3, 0.4) is 0 Å². The van der Waals surface area contributed by atoms with Crippen LogP contribution in [0.1, 0.15) is 12.6 Å². The number of H-pyrrole nitrogens is 1. The molecule has 130 valence electrons. The Balaban J connectivity index is 2.68. The van der Waals surface area contributed by atoms with E-state index in [0.717, 1.165) is 15.8 Å².